The Morgan fingerprint density at radius 1 is 1.25 bits per heavy atom. The Balaban J connectivity index is 3.57. The van der Waals surface area contributed by atoms with E-state index in [0.29, 0.717) is 0 Å². The van der Waals surface area contributed by atoms with E-state index >= 15 is 0 Å². The van der Waals surface area contributed by atoms with Gasteiger partial charge in [-0.15, -0.1) is 0 Å². The fourth-order valence-electron chi connectivity index (χ4n) is 0.432. The minimum Gasteiger partial charge on any atom is -0.393 e. The van der Waals surface area contributed by atoms with Crippen LogP contribution in [0.5, 0.6) is 0 Å². The van der Waals surface area contributed by atoms with E-state index < -0.39 is 31.6 Å². The Labute approximate surface area is 67.8 Å². The van der Waals surface area contributed by atoms with E-state index in [0.717, 1.165) is 0 Å². The molecule has 0 aromatic heterocycles. The second kappa shape index (κ2) is 4.06. The summed E-state index contributed by atoms with van der Waals surface area (Å²) in [7, 11) is 0. The van der Waals surface area contributed by atoms with Gasteiger partial charge in [-0.2, -0.15) is 13.2 Å². The largest absolute Gasteiger partial charge is 0.411 e. The number of hydrogen-bond acceptors (Lipinski definition) is 3. The van der Waals surface area contributed by atoms with Crippen molar-refractivity contribution in [1.82, 2.24) is 0 Å². The van der Waals surface area contributed by atoms with Gasteiger partial charge in [-0.1, -0.05) is 0 Å². The maximum absolute atomic E-state index is 11.5. The van der Waals surface area contributed by atoms with Gasteiger partial charge >= 0.3 is 6.18 Å². The van der Waals surface area contributed by atoms with Gasteiger partial charge in [0.15, 0.2) is 0 Å². The molecule has 0 radical (unpaired) electrons. The number of aliphatic hydroxyl groups excluding tert-OH is 1. The fraction of sp³-hybridized carbons (Fsp3) is 1.00. The third kappa shape index (κ3) is 6.38. The topological polar surface area (TPSA) is 49.7 Å². The van der Waals surface area contributed by atoms with Gasteiger partial charge in [0.2, 0.25) is 0 Å². The van der Waals surface area contributed by atoms with Crippen LogP contribution in [0.4, 0.5) is 13.2 Å². The van der Waals surface area contributed by atoms with Gasteiger partial charge in [-0.3, -0.25) is 0 Å². The molecule has 0 heterocycles. The molecule has 0 aliphatic carbocycles. The molecule has 0 aromatic carbocycles. The first-order chi connectivity index (χ1) is 5.27. The molecule has 74 valence electrons. The molecule has 0 aliphatic rings. The highest BCUT2D eigenvalue weighted by Gasteiger charge is 2.29. The predicted octanol–water partition coefficient (Wildman–Crippen LogP) is 0.309. The highest BCUT2D eigenvalue weighted by molar-refractivity contribution is 4.69. The standard InChI is InChI=1S/C6H11F3O3/c1-5(11,2-10)3-12-4-6(7,8)9/h10-11H,2-4H2,1H3. The van der Waals surface area contributed by atoms with Crippen molar-refractivity contribution in [1.29, 1.82) is 0 Å². The van der Waals surface area contributed by atoms with E-state index in [1.54, 1.807) is 0 Å². The van der Waals surface area contributed by atoms with E-state index in [1.165, 1.54) is 6.92 Å². The molecule has 0 aromatic rings. The van der Waals surface area contributed by atoms with E-state index in [1.807, 2.05) is 0 Å². The lowest BCUT2D eigenvalue weighted by Crippen LogP contribution is -2.36. The third-order valence-corrected chi connectivity index (χ3v) is 1.02. The van der Waals surface area contributed by atoms with Crippen LogP contribution in [-0.4, -0.2) is 41.8 Å². The van der Waals surface area contributed by atoms with Crippen molar-refractivity contribution < 1.29 is 28.1 Å². The maximum Gasteiger partial charge on any atom is 0.411 e. The normalized spacial score (nSPS) is 17.5. The zero-order chi connectivity index (χ0) is 9.83. The molecule has 0 amide bonds. The van der Waals surface area contributed by atoms with Crippen LogP contribution in [0, 0.1) is 0 Å². The van der Waals surface area contributed by atoms with Gasteiger partial charge in [0.25, 0.3) is 0 Å². The van der Waals surface area contributed by atoms with E-state index in [-0.39, 0.29) is 0 Å². The van der Waals surface area contributed by atoms with Gasteiger partial charge in [0.1, 0.15) is 12.2 Å². The molecule has 12 heavy (non-hydrogen) atoms. The van der Waals surface area contributed by atoms with Gasteiger partial charge in [-0.25, -0.2) is 0 Å². The van der Waals surface area contributed by atoms with Crippen LogP contribution in [0.2, 0.25) is 0 Å². The van der Waals surface area contributed by atoms with Crippen LogP contribution >= 0.6 is 0 Å². The summed E-state index contributed by atoms with van der Waals surface area (Å²) in [6, 6.07) is 0. The summed E-state index contributed by atoms with van der Waals surface area (Å²) >= 11 is 0. The Hall–Kier alpha value is -0.330. The number of hydrogen-bond donors (Lipinski definition) is 2. The zero-order valence-electron chi connectivity index (χ0n) is 6.56. The number of aliphatic hydroxyl groups is 2. The Morgan fingerprint density at radius 2 is 1.75 bits per heavy atom. The summed E-state index contributed by atoms with van der Waals surface area (Å²) in [6.45, 7) is -1.40. The molecule has 1 unspecified atom stereocenters. The Morgan fingerprint density at radius 3 is 2.08 bits per heavy atom. The second-order valence-electron chi connectivity index (χ2n) is 2.76. The first-order valence-electron chi connectivity index (χ1n) is 3.24. The predicted molar refractivity (Wildman–Crippen MR) is 34.6 cm³/mol. The summed E-state index contributed by atoms with van der Waals surface area (Å²) in [5.74, 6) is 0. The molecule has 0 rings (SSSR count). The molecule has 0 bridgehead atoms. The maximum atomic E-state index is 11.5. The lowest BCUT2D eigenvalue weighted by molar-refractivity contribution is -0.188. The SMILES string of the molecule is CC(O)(CO)COCC(F)(F)F. The summed E-state index contributed by atoms with van der Waals surface area (Å²) in [4.78, 5) is 0. The molecular formula is C6H11F3O3. The van der Waals surface area contributed by atoms with Gasteiger partial charge in [0.05, 0.1) is 13.2 Å². The minimum absolute atomic E-state index is 0.539. The smallest absolute Gasteiger partial charge is 0.393 e. The van der Waals surface area contributed by atoms with Gasteiger partial charge < -0.3 is 14.9 Å². The van der Waals surface area contributed by atoms with Crippen LogP contribution < -0.4 is 0 Å². The average molecular weight is 188 g/mol. The molecule has 2 N–H and O–H groups in total. The van der Waals surface area contributed by atoms with Crippen molar-refractivity contribution in [3.8, 4) is 0 Å². The first kappa shape index (κ1) is 11.7. The molecular weight excluding hydrogens is 177 g/mol. The number of alkyl halides is 3. The van der Waals surface area contributed by atoms with E-state index in [2.05, 4.69) is 4.74 Å². The van der Waals surface area contributed by atoms with Crippen molar-refractivity contribution in [2.75, 3.05) is 19.8 Å². The molecule has 3 nitrogen and oxygen atoms in total. The van der Waals surface area contributed by atoms with Crippen LogP contribution in [0.15, 0.2) is 0 Å². The third-order valence-electron chi connectivity index (χ3n) is 1.02. The summed E-state index contributed by atoms with van der Waals surface area (Å²) < 4.78 is 38.5. The van der Waals surface area contributed by atoms with E-state index in [9.17, 15) is 13.2 Å². The van der Waals surface area contributed by atoms with Crippen LogP contribution in [0.1, 0.15) is 6.92 Å². The highest BCUT2D eigenvalue weighted by Crippen LogP contribution is 2.15. The van der Waals surface area contributed by atoms with Crippen LogP contribution in [0.3, 0.4) is 0 Å². The van der Waals surface area contributed by atoms with Crippen molar-refractivity contribution >= 4 is 0 Å². The zero-order valence-corrected chi connectivity index (χ0v) is 6.56. The van der Waals surface area contributed by atoms with Crippen molar-refractivity contribution in [2.24, 2.45) is 0 Å². The molecule has 0 spiro atoms. The average Bonchev–Trinajstić information content (AvgIpc) is 1.84. The quantitative estimate of drug-likeness (QED) is 0.667. The van der Waals surface area contributed by atoms with Gasteiger partial charge in [0, 0.05) is 0 Å². The Bertz CT molecular complexity index is 132. The summed E-state index contributed by atoms with van der Waals surface area (Å²) in [5.41, 5.74) is -1.61. The number of rotatable bonds is 4. The van der Waals surface area contributed by atoms with Gasteiger partial charge in [-0.05, 0) is 6.92 Å². The molecule has 0 aliphatic heterocycles. The monoisotopic (exact) mass is 188 g/mol. The number of ether oxygens (including phenoxy) is 1. The van der Waals surface area contributed by atoms with Crippen molar-refractivity contribution in [3.63, 3.8) is 0 Å². The molecule has 0 saturated carbocycles. The first-order valence-corrected chi connectivity index (χ1v) is 3.24. The van der Waals surface area contributed by atoms with Crippen molar-refractivity contribution in [3.05, 3.63) is 0 Å². The second-order valence-corrected chi connectivity index (χ2v) is 2.76. The highest BCUT2D eigenvalue weighted by atomic mass is 19.4. The molecule has 6 heteroatoms. The lowest BCUT2D eigenvalue weighted by atomic mass is 10.1. The molecule has 1 atom stereocenters. The summed E-state index contributed by atoms with van der Waals surface area (Å²) in [5, 5.41) is 17.4. The Kier molecular flexibility index (Phi) is 3.95. The molecule has 0 fully saturated rings. The fourth-order valence-corrected chi connectivity index (χ4v) is 0.432. The van der Waals surface area contributed by atoms with Crippen LogP contribution in [0.25, 0.3) is 0 Å². The molecule has 0 saturated heterocycles. The minimum atomic E-state index is -4.40. The summed E-state index contributed by atoms with van der Waals surface area (Å²) in [6.07, 6.45) is -4.40. The van der Waals surface area contributed by atoms with Crippen LogP contribution in [-0.2, 0) is 4.74 Å². The lowest BCUT2D eigenvalue weighted by Gasteiger charge is -2.20. The van der Waals surface area contributed by atoms with E-state index in [4.69, 9.17) is 10.2 Å². The van der Waals surface area contributed by atoms with Crippen molar-refractivity contribution in [2.45, 2.75) is 18.7 Å². The number of halogens is 3.